The second-order valence-corrected chi connectivity index (χ2v) is 8.82. The summed E-state index contributed by atoms with van der Waals surface area (Å²) in [4.78, 5) is 12.6. The molecule has 1 aromatic carbocycles. The minimum Gasteiger partial charge on any atom is -0.496 e. The van der Waals surface area contributed by atoms with Gasteiger partial charge in [0.15, 0.2) is 0 Å². The molecule has 0 bridgehead atoms. The molecule has 1 fully saturated rings. The lowest BCUT2D eigenvalue weighted by Gasteiger charge is -2.38. The average molecular weight is 415 g/mol. The number of benzene rings is 1. The van der Waals surface area contributed by atoms with Crippen molar-refractivity contribution in [3.05, 3.63) is 58.1 Å². The van der Waals surface area contributed by atoms with E-state index in [4.69, 9.17) is 4.74 Å². The first-order valence-electron chi connectivity index (χ1n) is 9.08. The van der Waals surface area contributed by atoms with Crippen LogP contribution >= 0.6 is 0 Å². The van der Waals surface area contributed by atoms with E-state index in [0.29, 0.717) is 22.8 Å². The van der Waals surface area contributed by atoms with Crippen LogP contribution in [0.15, 0.2) is 46.1 Å². The lowest BCUT2D eigenvalue weighted by molar-refractivity contribution is 0.185. The van der Waals surface area contributed by atoms with Gasteiger partial charge in [-0.2, -0.15) is 14.5 Å². The summed E-state index contributed by atoms with van der Waals surface area (Å²) in [7, 11) is -2.10. The van der Waals surface area contributed by atoms with Crippen LogP contribution in [0, 0.1) is 13.8 Å². The molecule has 1 aliphatic rings. The van der Waals surface area contributed by atoms with Gasteiger partial charge in [-0.25, -0.2) is 13.1 Å². The minimum atomic E-state index is -3.67. The van der Waals surface area contributed by atoms with E-state index < -0.39 is 10.0 Å². The topological polar surface area (TPSA) is 110 Å². The molecule has 1 aliphatic heterocycles. The molecule has 0 radical (unpaired) electrons. The second-order valence-electron chi connectivity index (χ2n) is 6.94. The lowest BCUT2D eigenvalue weighted by atomic mass is 10.1. The summed E-state index contributed by atoms with van der Waals surface area (Å²) >= 11 is 0. The highest BCUT2D eigenvalue weighted by molar-refractivity contribution is 7.89. The fraction of sp³-hybridized carbons (Fsp3) is 0.316. The van der Waals surface area contributed by atoms with E-state index in [1.54, 1.807) is 27.0 Å². The van der Waals surface area contributed by atoms with Gasteiger partial charge in [-0.15, -0.1) is 0 Å². The molecule has 1 saturated heterocycles. The van der Waals surface area contributed by atoms with E-state index in [1.807, 2.05) is 24.3 Å². The fourth-order valence-electron chi connectivity index (χ4n) is 3.50. The Labute approximate surface area is 168 Å². The number of aromatic amines is 1. The summed E-state index contributed by atoms with van der Waals surface area (Å²) in [5.41, 5.74) is 2.00. The highest BCUT2D eigenvalue weighted by Crippen LogP contribution is 2.31. The first-order valence-corrected chi connectivity index (χ1v) is 10.5. The molecular weight excluding hydrogens is 394 g/mol. The molecule has 0 unspecified atom stereocenters. The number of para-hydroxylation sites is 1. The molecule has 0 spiro atoms. The first-order chi connectivity index (χ1) is 13.8. The van der Waals surface area contributed by atoms with Crippen LogP contribution in [0.1, 0.15) is 17.4 Å². The van der Waals surface area contributed by atoms with Crippen molar-refractivity contribution in [2.75, 3.05) is 20.2 Å². The van der Waals surface area contributed by atoms with Crippen LogP contribution in [0.4, 0.5) is 0 Å². The molecule has 0 amide bonds. The van der Waals surface area contributed by atoms with Gasteiger partial charge in [0.1, 0.15) is 10.6 Å². The molecular formula is C19H21N5O4S. The van der Waals surface area contributed by atoms with Gasteiger partial charge >= 0.3 is 0 Å². The maximum atomic E-state index is 12.9. The zero-order valence-corrected chi connectivity index (χ0v) is 17.1. The summed E-state index contributed by atoms with van der Waals surface area (Å²) in [5.74, 6) is 0.647. The largest absolute Gasteiger partial charge is 0.496 e. The summed E-state index contributed by atoms with van der Waals surface area (Å²) < 4.78 is 33.8. The Hall–Kier alpha value is -2.98. The number of aryl methyl sites for hydroxylation is 2. The van der Waals surface area contributed by atoms with Crippen molar-refractivity contribution in [2.24, 2.45) is 0 Å². The Bertz CT molecular complexity index is 1210. The first kappa shape index (κ1) is 19.3. The van der Waals surface area contributed by atoms with Crippen molar-refractivity contribution in [2.45, 2.75) is 24.8 Å². The van der Waals surface area contributed by atoms with Gasteiger partial charge < -0.3 is 4.74 Å². The highest BCUT2D eigenvalue weighted by Gasteiger charge is 2.40. The number of ether oxygens (including phenoxy) is 1. The maximum absolute atomic E-state index is 12.9. The van der Waals surface area contributed by atoms with Gasteiger partial charge in [-0.05, 0) is 32.0 Å². The monoisotopic (exact) mass is 415 g/mol. The Morgan fingerprint density at radius 3 is 2.52 bits per heavy atom. The number of methoxy groups -OCH3 is 1. The molecule has 9 nitrogen and oxygen atoms in total. The number of hydrogen-bond donors (Lipinski definition) is 1. The third-order valence-electron chi connectivity index (χ3n) is 5.04. The Kier molecular flexibility index (Phi) is 4.75. The highest BCUT2D eigenvalue weighted by atomic mass is 32.2. The number of H-pyrrole nitrogens is 1. The van der Waals surface area contributed by atoms with Crippen LogP contribution in [0.3, 0.4) is 0 Å². The van der Waals surface area contributed by atoms with Crippen molar-refractivity contribution in [1.29, 1.82) is 0 Å². The number of sulfonamides is 1. The summed E-state index contributed by atoms with van der Waals surface area (Å²) in [6.07, 6.45) is 0. The van der Waals surface area contributed by atoms with Crippen molar-refractivity contribution in [1.82, 2.24) is 24.3 Å². The van der Waals surface area contributed by atoms with E-state index in [-0.39, 0.29) is 29.6 Å². The van der Waals surface area contributed by atoms with Crippen molar-refractivity contribution >= 4 is 10.0 Å². The van der Waals surface area contributed by atoms with Gasteiger partial charge in [0, 0.05) is 24.7 Å². The van der Waals surface area contributed by atoms with Gasteiger partial charge in [-0.3, -0.25) is 9.89 Å². The molecule has 3 heterocycles. The second kappa shape index (κ2) is 7.12. The molecule has 152 valence electrons. The van der Waals surface area contributed by atoms with E-state index >= 15 is 0 Å². The SMILES string of the molecule is COc1ccccc1-c1ccc(=O)n(C2CN(S(=O)(=O)c3c(C)n[nH]c3C)C2)n1. The molecule has 29 heavy (non-hydrogen) atoms. The van der Waals surface area contributed by atoms with Crippen LogP contribution in [-0.2, 0) is 10.0 Å². The van der Waals surface area contributed by atoms with Gasteiger partial charge in [-0.1, -0.05) is 12.1 Å². The molecule has 0 aliphatic carbocycles. The van der Waals surface area contributed by atoms with Crippen LogP contribution in [0.25, 0.3) is 11.3 Å². The van der Waals surface area contributed by atoms with Crippen LogP contribution in [0.2, 0.25) is 0 Å². The predicted molar refractivity (Wildman–Crippen MR) is 106 cm³/mol. The Balaban J connectivity index is 1.61. The Morgan fingerprint density at radius 1 is 1.14 bits per heavy atom. The number of aromatic nitrogens is 4. The van der Waals surface area contributed by atoms with Gasteiger partial charge in [0.05, 0.1) is 30.2 Å². The van der Waals surface area contributed by atoms with E-state index in [9.17, 15) is 13.2 Å². The Morgan fingerprint density at radius 2 is 1.86 bits per heavy atom. The third-order valence-corrected chi connectivity index (χ3v) is 7.14. The van der Waals surface area contributed by atoms with E-state index in [2.05, 4.69) is 15.3 Å². The lowest BCUT2D eigenvalue weighted by Crippen LogP contribution is -2.53. The minimum absolute atomic E-state index is 0.175. The van der Waals surface area contributed by atoms with Crippen LogP contribution < -0.4 is 10.3 Å². The zero-order chi connectivity index (χ0) is 20.8. The van der Waals surface area contributed by atoms with Crippen LogP contribution in [-0.4, -0.2) is 52.9 Å². The van der Waals surface area contributed by atoms with Crippen LogP contribution in [0.5, 0.6) is 5.75 Å². The number of rotatable bonds is 5. The van der Waals surface area contributed by atoms with Gasteiger partial charge in [0.25, 0.3) is 5.56 Å². The van der Waals surface area contributed by atoms with E-state index in [1.165, 1.54) is 15.1 Å². The van der Waals surface area contributed by atoms with Crippen molar-refractivity contribution in [3.8, 4) is 17.0 Å². The molecule has 10 heteroatoms. The summed E-state index contributed by atoms with van der Waals surface area (Å²) in [5, 5.41) is 11.1. The smallest absolute Gasteiger partial charge is 0.267 e. The van der Waals surface area contributed by atoms with Crippen molar-refractivity contribution < 1.29 is 13.2 Å². The van der Waals surface area contributed by atoms with Crippen molar-refractivity contribution in [3.63, 3.8) is 0 Å². The maximum Gasteiger partial charge on any atom is 0.267 e. The molecule has 0 saturated carbocycles. The third kappa shape index (κ3) is 3.23. The molecule has 1 N–H and O–H groups in total. The number of nitrogens with zero attached hydrogens (tertiary/aromatic N) is 4. The number of nitrogens with one attached hydrogen (secondary N) is 1. The van der Waals surface area contributed by atoms with E-state index in [0.717, 1.165) is 5.56 Å². The normalized spacial score (nSPS) is 15.3. The zero-order valence-electron chi connectivity index (χ0n) is 16.3. The quantitative estimate of drug-likeness (QED) is 0.676. The fourth-order valence-corrected chi connectivity index (χ4v) is 5.35. The molecule has 2 aromatic heterocycles. The molecule has 3 aromatic rings. The summed E-state index contributed by atoms with van der Waals surface area (Å²) in [6, 6.07) is 10.1. The predicted octanol–water partition coefficient (Wildman–Crippen LogP) is 1.50. The van der Waals surface area contributed by atoms with Gasteiger partial charge in [0.2, 0.25) is 10.0 Å². The molecule has 4 rings (SSSR count). The number of hydrogen-bond acceptors (Lipinski definition) is 6. The standard InChI is InChI=1S/C19H21N5O4S/c1-12-19(13(2)21-20-12)29(26,27)23-10-14(11-23)24-18(25)9-8-16(22-24)15-6-4-5-7-17(15)28-3/h4-9,14H,10-11H2,1-3H3,(H,20,21). The average Bonchev–Trinajstić information content (AvgIpc) is 3.01. The molecule has 0 atom stereocenters. The summed E-state index contributed by atoms with van der Waals surface area (Å²) in [6.45, 7) is 3.67.